The summed E-state index contributed by atoms with van der Waals surface area (Å²) in [5.74, 6) is -0.373. The van der Waals surface area contributed by atoms with Crippen LogP contribution in [0.3, 0.4) is 0 Å². The second kappa shape index (κ2) is 7.77. The summed E-state index contributed by atoms with van der Waals surface area (Å²) in [4.78, 5) is 15.1. The molecule has 0 aliphatic carbocycles. The highest BCUT2D eigenvalue weighted by atomic mass is 35.5. The number of nitrogens with zero attached hydrogens (tertiary/aromatic N) is 2. The third kappa shape index (κ3) is 3.76. The molecule has 0 N–H and O–H groups in total. The molecule has 1 aliphatic rings. The molecule has 26 heavy (non-hydrogen) atoms. The largest absolute Gasteiger partial charge is 0.315 e. The third-order valence-electron chi connectivity index (χ3n) is 5.16. The van der Waals surface area contributed by atoms with Crippen LogP contribution in [0.4, 0.5) is 4.39 Å². The van der Waals surface area contributed by atoms with Crippen molar-refractivity contribution >= 4 is 11.6 Å². The molecule has 2 aromatic rings. The van der Waals surface area contributed by atoms with Crippen molar-refractivity contribution in [2.24, 2.45) is 7.05 Å². The second-order valence-electron chi connectivity index (χ2n) is 6.98. The summed E-state index contributed by atoms with van der Waals surface area (Å²) in [6, 6.07) is 6.56. The Morgan fingerprint density at radius 2 is 2.15 bits per heavy atom. The zero-order valence-corrected chi connectivity index (χ0v) is 16.2. The third-order valence-corrected chi connectivity index (χ3v) is 5.51. The van der Waals surface area contributed by atoms with E-state index in [1.807, 2.05) is 13.0 Å². The number of aromatic nitrogens is 1. The summed E-state index contributed by atoms with van der Waals surface area (Å²) in [5, 5.41) is 0.357. The fraction of sp³-hybridized carbons (Fsp3) is 0.381. The van der Waals surface area contributed by atoms with Gasteiger partial charge in [-0.2, -0.15) is 0 Å². The normalized spacial score (nSPS) is 15.2. The minimum atomic E-state index is -0.373. The van der Waals surface area contributed by atoms with E-state index in [-0.39, 0.29) is 17.8 Å². The maximum atomic E-state index is 14.1. The number of halogens is 2. The van der Waals surface area contributed by atoms with Crippen LogP contribution < -0.4 is 5.56 Å². The van der Waals surface area contributed by atoms with E-state index in [0.29, 0.717) is 16.1 Å². The number of hydrogen-bond donors (Lipinski definition) is 0. The zero-order valence-electron chi connectivity index (χ0n) is 15.5. The van der Waals surface area contributed by atoms with E-state index in [2.05, 4.69) is 17.9 Å². The van der Waals surface area contributed by atoms with Crippen LogP contribution in [0.25, 0.3) is 0 Å². The minimum Gasteiger partial charge on any atom is -0.315 e. The average Bonchev–Trinajstić information content (AvgIpc) is 2.62. The summed E-state index contributed by atoms with van der Waals surface area (Å²) in [6.07, 6.45) is 3.18. The summed E-state index contributed by atoms with van der Waals surface area (Å²) >= 11 is 6.15. The van der Waals surface area contributed by atoms with Crippen LogP contribution in [0.1, 0.15) is 36.2 Å². The van der Waals surface area contributed by atoms with Crippen LogP contribution in [0, 0.1) is 5.82 Å². The lowest BCUT2D eigenvalue weighted by molar-refractivity contribution is 0.270. The topological polar surface area (TPSA) is 25.2 Å². The van der Waals surface area contributed by atoms with Gasteiger partial charge in [-0.1, -0.05) is 29.3 Å². The predicted molar refractivity (Wildman–Crippen MR) is 104 cm³/mol. The Hall–Kier alpha value is -1.91. The maximum absolute atomic E-state index is 14.1. The second-order valence-corrected chi connectivity index (χ2v) is 7.39. The molecular weight excluding hydrogens is 351 g/mol. The molecule has 1 aromatic carbocycles. The quantitative estimate of drug-likeness (QED) is 0.753. The van der Waals surface area contributed by atoms with Gasteiger partial charge in [-0.3, -0.25) is 9.69 Å². The van der Waals surface area contributed by atoms with E-state index in [1.54, 1.807) is 23.7 Å². The summed E-state index contributed by atoms with van der Waals surface area (Å²) in [5.41, 5.74) is 4.45. The molecule has 0 atom stereocenters. The van der Waals surface area contributed by atoms with Gasteiger partial charge in [0.2, 0.25) is 0 Å². The number of pyridine rings is 1. The fourth-order valence-electron chi connectivity index (χ4n) is 3.56. The van der Waals surface area contributed by atoms with Crippen molar-refractivity contribution < 1.29 is 4.39 Å². The molecule has 138 valence electrons. The van der Waals surface area contributed by atoms with E-state index >= 15 is 0 Å². The minimum absolute atomic E-state index is 0.0684. The zero-order chi connectivity index (χ0) is 18.8. The van der Waals surface area contributed by atoms with Crippen molar-refractivity contribution in [3.8, 4) is 0 Å². The van der Waals surface area contributed by atoms with Gasteiger partial charge in [0.05, 0.1) is 0 Å². The van der Waals surface area contributed by atoms with Crippen molar-refractivity contribution in [2.75, 3.05) is 13.1 Å². The van der Waals surface area contributed by atoms with Gasteiger partial charge in [0.25, 0.3) is 5.56 Å². The van der Waals surface area contributed by atoms with Gasteiger partial charge in [0, 0.05) is 61.4 Å². The number of allylic oxidation sites excluding steroid dienone is 1. The number of fused-ring (bicyclic) bond motifs is 1. The van der Waals surface area contributed by atoms with E-state index < -0.39 is 0 Å². The van der Waals surface area contributed by atoms with E-state index in [9.17, 15) is 9.18 Å². The molecule has 3 nitrogen and oxygen atoms in total. The van der Waals surface area contributed by atoms with Gasteiger partial charge in [-0.25, -0.2) is 4.39 Å². The van der Waals surface area contributed by atoms with Crippen LogP contribution in [0.15, 0.2) is 40.7 Å². The van der Waals surface area contributed by atoms with E-state index in [4.69, 9.17) is 11.6 Å². The van der Waals surface area contributed by atoms with Gasteiger partial charge in [0.15, 0.2) is 0 Å². The van der Waals surface area contributed by atoms with Crippen LogP contribution in [-0.4, -0.2) is 22.6 Å². The van der Waals surface area contributed by atoms with Gasteiger partial charge in [-0.05, 0) is 37.6 Å². The highest BCUT2D eigenvalue weighted by molar-refractivity contribution is 6.31. The molecule has 0 fully saturated rings. The lowest BCUT2D eigenvalue weighted by Gasteiger charge is -2.30. The lowest BCUT2D eigenvalue weighted by atomic mass is 9.98. The van der Waals surface area contributed by atoms with Crippen LogP contribution in [-0.2, 0) is 26.4 Å². The van der Waals surface area contributed by atoms with Gasteiger partial charge >= 0.3 is 0 Å². The molecule has 1 aliphatic heterocycles. The van der Waals surface area contributed by atoms with Crippen molar-refractivity contribution in [3.63, 3.8) is 0 Å². The summed E-state index contributed by atoms with van der Waals surface area (Å²) < 4.78 is 15.9. The van der Waals surface area contributed by atoms with Crippen LogP contribution >= 0.6 is 11.6 Å². The molecule has 0 bridgehead atoms. The van der Waals surface area contributed by atoms with Crippen molar-refractivity contribution in [3.05, 3.63) is 79.5 Å². The van der Waals surface area contributed by atoms with Crippen LogP contribution in [0.5, 0.6) is 0 Å². The monoisotopic (exact) mass is 374 g/mol. The van der Waals surface area contributed by atoms with Gasteiger partial charge < -0.3 is 4.57 Å². The van der Waals surface area contributed by atoms with Crippen molar-refractivity contribution in [2.45, 2.75) is 33.2 Å². The molecule has 0 amide bonds. The SMILES string of the molecule is CC=C(C)CN1CCc2c(cc(Cc3c(F)cccc3Cl)c(=O)n2C)C1. The Morgan fingerprint density at radius 1 is 1.38 bits per heavy atom. The highest BCUT2D eigenvalue weighted by Gasteiger charge is 2.21. The smallest absolute Gasteiger partial charge is 0.254 e. The Kier molecular flexibility index (Phi) is 5.64. The molecule has 0 radical (unpaired) electrons. The average molecular weight is 375 g/mol. The molecule has 0 spiro atoms. The van der Waals surface area contributed by atoms with Crippen LogP contribution in [0.2, 0.25) is 5.02 Å². The lowest BCUT2D eigenvalue weighted by Crippen LogP contribution is -2.36. The first-order valence-corrected chi connectivity index (χ1v) is 9.26. The predicted octanol–water partition coefficient (Wildman–Crippen LogP) is 4.09. The first-order valence-electron chi connectivity index (χ1n) is 8.88. The Bertz CT molecular complexity index is 897. The molecule has 2 heterocycles. The Labute approximate surface area is 158 Å². The molecule has 3 rings (SSSR count). The molecular formula is C21H24ClFN2O. The van der Waals surface area contributed by atoms with Crippen molar-refractivity contribution in [1.82, 2.24) is 9.47 Å². The Balaban J connectivity index is 1.95. The molecule has 5 heteroatoms. The van der Waals surface area contributed by atoms with E-state index in [0.717, 1.165) is 37.3 Å². The first kappa shape index (κ1) is 18.9. The van der Waals surface area contributed by atoms with Gasteiger partial charge in [-0.15, -0.1) is 0 Å². The molecule has 0 unspecified atom stereocenters. The van der Waals surface area contributed by atoms with E-state index in [1.165, 1.54) is 11.6 Å². The number of hydrogen-bond acceptors (Lipinski definition) is 2. The first-order chi connectivity index (χ1) is 12.4. The van der Waals surface area contributed by atoms with Crippen molar-refractivity contribution in [1.29, 1.82) is 0 Å². The molecule has 0 saturated heterocycles. The number of benzene rings is 1. The highest BCUT2D eigenvalue weighted by Crippen LogP contribution is 2.24. The summed E-state index contributed by atoms with van der Waals surface area (Å²) in [7, 11) is 1.81. The summed E-state index contributed by atoms with van der Waals surface area (Å²) in [6.45, 7) is 6.83. The van der Waals surface area contributed by atoms with Gasteiger partial charge in [0.1, 0.15) is 5.82 Å². The fourth-order valence-corrected chi connectivity index (χ4v) is 3.78. The Morgan fingerprint density at radius 3 is 2.85 bits per heavy atom. The molecule has 1 aromatic heterocycles. The molecule has 0 saturated carbocycles. The number of rotatable bonds is 4. The standard InChI is InChI=1S/C21H24ClFN2O/c1-4-14(2)12-25-9-8-20-16(13-25)10-15(21(26)24(20)3)11-17-18(22)6-5-7-19(17)23/h4-7,10H,8-9,11-13H2,1-3H3. The maximum Gasteiger partial charge on any atom is 0.254 e.